The Morgan fingerprint density at radius 1 is 1.60 bits per heavy atom. The maximum atomic E-state index is 5.06. The molecule has 1 rings (SSSR count). The molecule has 0 aliphatic carbocycles. The molecule has 1 aromatic heterocycles. The second kappa shape index (κ2) is 3.61. The third-order valence-electron chi connectivity index (χ3n) is 1.08. The molecule has 0 bridgehead atoms. The van der Waals surface area contributed by atoms with Gasteiger partial charge in [-0.3, -0.25) is 9.98 Å². The molecule has 10 heavy (non-hydrogen) atoms. The van der Waals surface area contributed by atoms with E-state index >= 15 is 0 Å². The Bertz CT molecular complexity index is 205. The molecule has 0 atom stereocenters. The van der Waals surface area contributed by atoms with Crippen LogP contribution in [0.25, 0.3) is 0 Å². The van der Waals surface area contributed by atoms with Crippen LogP contribution in [0.4, 0.5) is 0 Å². The molecule has 0 aromatic carbocycles. The number of nitrogens with two attached hydrogens (primary N) is 1. The molecule has 0 spiro atoms. The van der Waals surface area contributed by atoms with E-state index in [1.165, 1.54) is 6.34 Å². The third kappa shape index (κ3) is 1.85. The van der Waals surface area contributed by atoms with Gasteiger partial charge in [0.25, 0.3) is 0 Å². The molecule has 1 aromatic rings. The van der Waals surface area contributed by atoms with Crippen LogP contribution in [0.2, 0.25) is 0 Å². The van der Waals surface area contributed by atoms with Gasteiger partial charge in [0.2, 0.25) is 0 Å². The molecule has 0 fully saturated rings. The smallest absolute Gasteiger partial charge is 0.0828 e. The van der Waals surface area contributed by atoms with Crippen molar-refractivity contribution in [2.75, 3.05) is 0 Å². The first kappa shape index (κ1) is 6.74. The first-order valence-corrected chi connectivity index (χ1v) is 3.03. The van der Waals surface area contributed by atoms with Crippen LogP contribution < -0.4 is 5.73 Å². The van der Waals surface area contributed by atoms with Gasteiger partial charge < -0.3 is 5.73 Å². The standard InChI is InChI=1S/C7H9N3/c8-6-9-5-7-3-1-2-4-10-7/h1-4,6H,5H2,(H2,8,9). The molecule has 3 nitrogen and oxygen atoms in total. The Kier molecular flexibility index (Phi) is 2.43. The number of hydrogen-bond acceptors (Lipinski definition) is 2. The minimum Gasteiger partial charge on any atom is -0.390 e. The minimum absolute atomic E-state index is 0.567. The van der Waals surface area contributed by atoms with Crippen molar-refractivity contribution in [3.05, 3.63) is 30.1 Å². The maximum absolute atomic E-state index is 5.06. The number of rotatable bonds is 2. The summed E-state index contributed by atoms with van der Waals surface area (Å²) in [5.74, 6) is 0. The average molecular weight is 135 g/mol. The molecule has 1 heterocycles. The number of nitrogens with zero attached hydrogens (tertiary/aromatic N) is 2. The van der Waals surface area contributed by atoms with E-state index in [4.69, 9.17) is 5.73 Å². The lowest BCUT2D eigenvalue weighted by atomic mass is 10.4. The predicted molar refractivity (Wildman–Crippen MR) is 40.6 cm³/mol. The largest absolute Gasteiger partial charge is 0.390 e. The second-order valence-corrected chi connectivity index (χ2v) is 1.81. The average Bonchev–Trinajstić information content (AvgIpc) is 2.03. The molecular formula is C7H9N3. The fourth-order valence-electron chi connectivity index (χ4n) is 0.638. The van der Waals surface area contributed by atoms with Crippen LogP contribution in [0, 0.1) is 0 Å². The van der Waals surface area contributed by atoms with Crippen LogP contribution >= 0.6 is 0 Å². The molecule has 0 unspecified atom stereocenters. The number of aromatic nitrogens is 1. The molecule has 0 aliphatic rings. The molecule has 0 aliphatic heterocycles. The summed E-state index contributed by atoms with van der Waals surface area (Å²) in [5.41, 5.74) is 5.99. The highest BCUT2D eigenvalue weighted by Gasteiger charge is 1.85. The SMILES string of the molecule is NC=NCc1ccccn1. The monoisotopic (exact) mass is 135 g/mol. The van der Waals surface area contributed by atoms with Crippen molar-refractivity contribution in [3.63, 3.8) is 0 Å². The lowest BCUT2D eigenvalue weighted by molar-refractivity contribution is 0.993. The van der Waals surface area contributed by atoms with Crippen molar-refractivity contribution in [1.82, 2.24) is 4.98 Å². The molecule has 0 radical (unpaired) electrons. The van der Waals surface area contributed by atoms with Gasteiger partial charge in [0, 0.05) is 6.20 Å². The number of hydrogen-bond donors (Lipinski definition) is 1. The Hall–Kier alpha value is -1.38. The van der Waals surface area contributed by atoms with Gasteiger partial charge in [-0.05, 0) is 12.1 Å². The highest BCUT2D eigenvalue weighted by Crippen LogP contribution is 1.93. The number of aliphatic imine (C=N–C) groups is 1. The summed E-state index contributed by atoms with van der Waals surface area (Å²) in [6.45, 7) is 0.567. The molecular weight excluding hydrogens is 126 g/mol. The third-order valence-corrected chi connectivity index (χ3v) is 1.08. The molecule has 0 saturated carbocycles. The fourth-order valence-corrected chi connectivity index (χ4v) is 0.638. The van der Waals surface area contributed by atoms with Crippen LogP contribution in [0.3, 0.4) is 0 Å². The summed E-state index contributed by atoms with van der Waals surface area (Å²) in [6.07, 6.45) is 3.02. The molecule has 52 valence electrons. The Balaban J connectivity index is 2.59. The Morgan fingerprint density at radius 2 is 2.50 bits per heavy atom. The van der Waals surface area contributed by atoms with Gasteiger partial charge in [0.15, 0.2) is 0 Å². The zero-order valence-electron chi connectivity index (χ0n) is 5.57. The summed E-state index contributed by atoms with van der Waals surface area (Å²) < 4.78 is 0. The topological polar surface area (TPSA) is 51.3 Å². The summed E-state index contributed by atoms with van der Waals surface area (Å²) in [6, 6.07) is 5.71. The normalized spacial score (nSPS) is 10.4. The van der Waals surface area contributed by atoms with E-state index in [1.807, 2.05) is 18.2 Å². The molecule has 2 N–H and O–H groups in total. The predicted octanol–water partition coefficient (Wildman–Crippen LogP) is 0.569. The number of pyridine rings is 1. The lowest BCUT2D eigenvalue weighted by Gasteiger charge is -1.90. The van der Waals surface area contributed by atoms with Crippen molar-refractivity contribution in [2.45, 2.75) is 6.54 Å². The summed E-state index contributed by atoms with van der Waals surface area (Å²) in [7, 11) is 0. The van der Waals surface area contributed by atoms with Crippen molar-refractivity contribution in [2.24, 2.45) is 10.7 Å². The van der Waals surface area contributed by atoms with E-state index in [2.05, 4.69) is 9.98 Å². The second-order valence-electron chi connectivity index (χ2n) is 1.81. The Labute approximate surface area is 59.6 Å². The van der Waals surface area contributed by atoms with Gasteiger partial charge in [0.1, 0.15) is 0 Å². The molecule has 3 heteroatoms. The van der Waals surface area contributed by atoms with E-state index in [0.717, 1.165) is 5.69 Å². The van der Waals surface area contributed by atoms with Gasteiger partial charge in [-0.15, -0.1) is 0 Å². The summed E-state index contributed by atoms with van der Waals surface area (Å²) in [5, 5.41) is 0. The quantitative estimate of drug-likeness (QED) is 0.476. The van der Waals surface area contributed by atoms with Crippen molar-refractivity contribution < 1.29 is 0 Å². The van der Waals surface area contributed by atoms with Crippen molar-refractivity contribution in [3.8, 4) is 0 Å². The molecule has 0 amide bonds. The van der Waals surface area contributed by atoms with E-state index in [-0.39, 0.29) is 0 Å². The van der Waals surface area contributed by atoms with Crippen molar-refractivity contribution in [1.29, 1.82) is 0 Å². The van der Waals surface area contributed by atoms with Gasteiger partial charge in [-0.2, -0.15) is 0 Å². The van der Waals surface area contributed by atoms with E-state index in [9.17, 15) is 0 Å². The highest BCUT2D eigenvalue weighted by atomic mass is 14.8. The zero-order chi connectivity index (χ0) is 7.23. The van der Waals surface area contributed by atoms with Crippen LogP contribution in [0.5, 0.6) is 0 Å². The minimum atomic E-state index is 0.567. The molecule has 0 saturated heterocycles. The summed E-state index contributed by atoms with van der Waals surface area (Å²) in [4.78, 5) is 7.88. The zero-order valence-corrected chi connectivity index (χ0v) is 5.57. The Morgan fingerprint density at radius 3 is 3.10 bits per heavy atom. The first-order chi connectivity index (χ1) is 4.93. The van der Waals surface area contributed by atoms with Gasteiger partial charge >= 0.3 is 0 Å². The highest BCUT2D eigenvalue weighted by molar-refractivity contribution is 5.51. The maximum Gasteiger partial charge on any atom is 0.0828 e. The van der Waals surface area contributed by atoms with Crippen LogP contribution in [0.1, 0.15) is 5.69 Å². The fraction of sp³-hybridized carbons (Fsp3) is 0.143. The van der Waals surface area contributed by atoms with E-state index < -0.39 is 0 Å². The first-order valence-electron chi connectivity index (χ1n) is 3.03. The van der Waals surface area contributed by atoms with Gasteiger partial charge in [0.05, 0.1) is 18.6 Å². The van der Waals surface area contributed by atoms with Gasteiger partial charge in [-0.25, -0.2) is 0 Å². The van der Waals surface area contributed by atoms with E-state index in [1.54, 1.807) is 6.20 Å². The van der Waals surface area contributed by atoms with Gasteiger partial charge in [-0.1, -0.05) is 6.07 Å². The van der Waals surface area contributed by atoms with Crippen LogP contribution in [0.15, 0.2) is 29.4 Å². The van der Waals surface area contributed by atoms with Crippen molar-refractivity contribution >= 4 is 6.34 Å². The lowest BCUT2D eigenvalue weighted by Crippen LogP contribution is -1.91. The van der Waals surface area contributed by atoms with Crippen LogP contribution in [-0.2, 0) is 6.54 Å². The van der Waals surface area contributed by atoms with Crippen LogP contribution in [-0.4, -0.2) is 11.3 Å². The van der Waals surface area contributed by atoms with E-state index in [0.29, 0.717) is 6.54 Å². The summed E-state index contributed by atoms with van der Waals surface area (Å²) >= 11 is 0.